The van der Waals surface area contributed by atoms with Gasteiger partial charge in [0.2, 0.25) is 5.89 Å². The zero-order valence-electron chi connectivity index (χ0n) is 13.1. The van der Waals surface area contributed by atoms with E-state index in [0.717, 1.165) is 36.7 Å². The Kier molecular flexibility index (Phi) is 3.59. The van der Waals surface area contributed by atoms with Crippen molar-refractivity contribution in [3.05, 3.63) is 23.5 Å². The summed E-state index contributed by atoms with van der Waals surface area (Å²) in [6.07, 6.45) is 0. The van der Waals surface area contributed by atoms with Crippen molar-refractivity contribution in [3.63, 3.8) is 0 Å². The van der Waals surface area contributed by atoms with Crippen molar-refractivity contribution in [3.8, 4) is 11.5 Å². The first-order chi connectivity index (χ1) is 9.95. The van der Waals surface area contributed by atoms with Gasteiger partial charge in [0, 0.05) is 25.2 Å². The maximum absolute atomic E-state index is 5.82. The van der Waals surface area contributed by atoms with Gasteiger partial charge in [-0.15, -0.1) is 10.2 Å². The van der Waals surface area contributed by atoms with E-state index < -0.39 is 0 Å². The fraction of sp³-hybridized carbons (Fsp3) is 0.600. The third-order valence-electron chi connectivity index (χ3n) is 4.04. The summed E-state index contributed by atoms with van der Waals surface area (Å²) in [4.78, 5) is 2.37. The highest BCUT2D eigenvalue weighted by Gasteiger charge is 2.30. The predicted octanol–water partition coefficient (Wildman–Crippen LogP) is 2.13. The Morgan fingerprint density at radius 2 is 2.10 bits per heavy atom. The van der Waals surface area contributed by atoms with Crippen LogP contribution in [0.4, 0.5) is 0 Å². The smallest absolute Gasteiger partial charge is 0.251 e. The first-order valence-corrected chi connectivity index (χ1v) is 7.31. The molecule has 1 aliphatic heterocycles. The molecule has 1 aliphatic rings. The van der Waals surface area contributed by atoms with Crippen molar-refractivity contribution in [2.45, 2.75) is 39.8 Å². The standard InChI is InChI=1S/C15H22N4O2/c1-10-7-12(11(2)20-10)14-18-17-13(21-14)8-19-6-5-16-9-15(19,3)4/h7,16H,5-6,8-9H2,1-4H3. The van der Waals surface area contributed by atoms with Crippen molar-refractivity contribution in [2.24, 2.45) is 0 Å². The molecule has 6 nitrogen and oxygen atoms in total. The molecule has 6 heteroatoms. The third-order valence-corrected chi connectivity index (χ3v) is 4.04. The van der Waals surface area contributed by atoms with Gasteiger partial charge in [0.25, 0.3) is 5.89 Å². The summed E-state index contributed by atoms with van der Waals surface area (Å²) in [5.41, 5.74) is 0.973. The lowest BCUT2D eigenvalue weighted by Gasteiger charge is -2.42. The molecule has 0 spiro atoms. The van der Waals surface area contributed by atoms with E-state index in [1.165, 1.54) is 0 Å². The molecule has 114 valence electrons. The van der Waals surface area contributed by atoms with Gasteiger partial charge in [-0.05, 0) is 33.8 Å². The number of nitrogens with one attached hydrogen (secondary N) is 1. The van der Waals surface area contributed by atoms with Crippen molar-refractivity contribution in [2.75, 3.05) is 19.6 Å². The van der Waals surface area contributed by atoms with Crippen LogP contribution in [-0.2, 0) is 6.54 Å². The maximum atomic E-state index is 5.82. The highest BCUT2D eigenvalue weighted by atomic mass is 16.4. The number of piperazine rings is 1. The number of hydrogen-bond acceptors (Lipinski definition) is 6. The van der Waals surface area contributed by atoms with Crippen molar-refractivity contribution in [1.29, 1.82) is 0 Å². The molecular formula is C15H22N4O2. The van der Waals surface area contributed by atoms with Crippen LogP contribution in [0, 0.1) is 13.8 Å². The van der Waals surface area contributed by atoms with E-state index in [-0.39, 0.29) is 5.54 Å². The van der Waals surface area contributed by atoms with Gasteiger partial charge in [-0.3, -0.25) is 4.90 Å². The van der Waals surface area contributed by atoms with E-state index >= 15 is 0 Å². The molecule has 0 atom stereocenters. The molecule has 0 aliphatic carbocycles. The lowest BCUT2D eigenvalue weighted by molar-refractivity contribution is 0.0737. The SMILES string of the molecule is Cc1cc(-c2nnc(CN3CCNCC3(C)C)o2)c(C)o1. The van der Waals surface area contributed by atoms with Crippen LogP contribution in [0.2, 0.25) is 0 Å². The molecule has 3 rings (SSSR count). The topological polar surface area (TPSA) is 67.3 Å². The molecule has 0 radical (unpaired) electrons. The number of furan rings is 1. The van der Waals surface area contributed by atoms with Crippen LogP contribution >= 0.6 is 0 Å². The van der Waals surface area contributed by atoms with Gasteiger partial charge in [0.05, 0.1) is 12.1 Å². The molecule has 3 heterocycles. The van der Waals surface area contributed by atoms with Crippen LogP contribution in [0.25, 0.3) is 11.5 Å². The third kappa shape index (κ3) is 2.87. The Hall–Kier alpha value is -1.66. The highest BCUT2D eigenvalue weighted by molar-refractivity contribution is 5.55. The van der Waals surface area contributed by atoms with E-state index in [4.69, 9.17) is 8.83 Å². The second kappa shape index (κ2) is 5.27. The van der Waals surface area contributed by atoms with Gasteiger partial charge in [-0.1, -0.05) is 0 Å². The molecule has 2 aromatic heterocycles. The molecule has 0 unspecified atom stereocenters. The molecule has 1 fully saturated rings. The molecular weight excluding hydrogens is 268 g/mol. The van der Waals surface area contributed by atoms with Gasteiger partial charge in [-0.25, -0.2) is 0 Å². The molecule has 21 heavy (non-hydrogen) atoms. The number of aryl methyl sites for hydroxylation is 2. The average Bonchev–Trinajstić information content (AvgIpc) is 2.98. The van der Waals surface area contributed by atoms with E-state index in [9.17, 15) is 0 Å². The summed E-state index contributed by atoms with van der Waals surface area (Å²) in [5, 5.41) is 11.7. The fourth-order valence-electron chi connectivity index (χ4n) is 2.75. The number of hydrogen-bond donors (Lipinski definition) is 1. The lowest BCUT2D eigenvalue weighted by atomic mass is 10.0. The van der Waals surface area contributed by atoms with Crippen LogP contribution in [0.1, 0.15) is 31.3 Å². The Morgan fingerprint density at radius 3 is 2.76 bits per heavy atom. The number of aromatic nitrogens is 2. The second-order valence-electron chi connectivity index (χ2n) is 6.24. The van der Waals surface area contributed by atoms with Crippen molar-refractivity contribution >= 4 is 0 Å². The van der Waals surface area contributed by atoms with Gasteiger partial charge in [0.1, 0.15) is 11.5 Å². The van der Waals surface area contributed by atoms with Crippen LogP contribution in [0.3, 0.4) is 0 Å². The van der Waals surface area contributed by atoms with Crippen LogP contribution in [-0.4, -0.2) is 40.3 Å². The molecule has 2 aromatic rings. The summed E-state index contributed by atoms with van der Waals surface area (Å²) < 4.78 is 11.3. The van der Waals surface area contributed by atoms with E-state index in [0.29, 0.717) is 18.3 Å². The lowest BCUT2D eigenvalue weighted by Crippen LogP contribution is -2.57. The minimum absolute atomic E-state index is 0.0923. The molecule has 1 N–H and O–H groups in total. The van der Waals surface area contributed by atoms with Gasteiger partial charge in [0.15, 0.2) is 0 Å². The maximum Gasteiger partial charge on any atom is 0.251 e. The van der Waals surface area contributed by atoms with Crippen LogP contribution in [0.5, 0.6) is 0 Å². The summed E-state index contributed by atoms with van der Waals surface area (Å²) in [5.74, 6) is 2.85. The monoisotopic (exact) mass is 290 g/mol. The van der Waals surface area contributed by atoms with E-state index in [1.54, 1.807) is 0 Å². The predicted molar refractivity (Wildman–Crippen MR) is 78.8 cm³/mol. The molecule has 0 amide bonds. The zero-order chi connectivity index (χ0) is 15.0. The summed E-state index contributed by atoms with van der Waals surface area (Å²) in [6.45, 7) is 11.9. The normalized spacial score (nSPS) is 19.0. The van der Waals surface area contributed by atoms with E-state index in [1.807, 2.05) is 19.9 Å². The fourth-order valence-corrected chi connectivity index (χ4v) is 2.75. The first-order valence-electron chi connectivity index (χ1n) is 7.31. The van der Waals surface area contributed by atoms with Crippen molar-refractivity contribution in [1.82, 2.24) is 20.4 Å². The van der Waals surface area contributed by atoms with Gasteiger partial charge in [-0.2, -0.15) is 0 Å². The van der Waals surface area contributed by atoms with Crippen LogP contribution in [0.15, 0.2) is 14.9 Å². The Labute approximate surface area is 124 Å². The average molecular weight is 290 g/mol. The molecule has 1 saturated heterocycles. The summed E-state index contributed by atoms with van der Waals surface area (Å²) in [6, 6.07) is 1.93. The molecule has 0 saturated carbocycles. The van der Waals surface area contributed by atoms with Gasteiger partial charge < -0.3 is 14.2 Å². The largest absolute Gasteiger partial charge is 0.466 e. The minimum Gasteiger partial charge on any atom is -0.466 e. The van der Waals surface area contributed by atoms with Crippen LogP contribution < -0.4 is 5.32 Å². The van der Waals surface area contributed by atoms with E-state index in [2.05, 4.69) is 34.3 Å². The number of rotatable bonds is 3. The Balaban J connectivity index is 1.78. The highest BCUT2D eigenvalue weighted by Crippen LogP contribution is 2.26. The summed E-state index contributed by atoms with van der Waals surface area (Å²) in [7, 11) is 0. The molecule has 0 bridgehead atoms. The summed E-state index contributed by atoms with van der Waals surface area (Å²) >= 11 is 0. The zero-order valence-corrected chi connectivity index (χ0v) is 13.1. The van der Waals surface area contributed by atoms with Crippen molar-refractivity contribution < 1.29 is 8.83 Å². The quantitative estimate of drug-likeness (QED) is 0.934. The van der Waals surface area contributed by atoms with Gasteiger partial charge >= 0.3 is 0 Å². The Bertz CT molecular complexity index is 629. The minimum atomic E-state index is 0.0923. The first kappa shape index (κ1) is 14.3. The molecule has 0 aromatic carbocycles. The second-order valence-corrected chi connectivity index (χ2v) is 6.24. The Morgan fingerprint density at radius 1 is 1.29 bits per heavy atom. The number of nitrogens with zero attached hydrogens (tertiary/aromatic N) is 3.